The molecule has 4 heteroatoms. The van der Waals surface area contributed by atoms with Crippen LogP contribution < -0.4 is 0 Å². The van der Waals surface area contributed by atoms with E-state index in [0.29, 0.717) is 12.0 Å². The normalized spacial score (nSPS) is 13.7. The van der Waals surface area contributed by atoms with Crippen molar-refractivity contribution >= 4 is 12.2 Å². The summed E-state index contributed by atoms with van der Waals surface area (Å²) in [4.78, 5) is 0. The second-order valence-corrected chi connectivity index (χ2v) is 7.39. The van der Waals surface area contributed by atoms with Crippen molar-refractivity contribution in [3.8, 4) is 0 Å². The van der Waals surface area contributed by atoms with Gasteiger partial charge in [-0.15, -0.1) is 0 Å². The summed E-state index contributed by atoms with van der Waals surface area (Å²) < 4.78 is 2.93. The molecule has 3 nitrogen and oxygen atoms in total. The van der Waals surface area contributed by atoms with Gasteiger partial charge in [-0.2, -0.15) is 5.10 Å². The number of hydrogen-bond donors (Lipinski definition) is 1. The van der Waals surface area contributed by atoms with Gasteiger partial charge in [0.25, 0.3) is 0 Å². The second-order valence-electron chi connectivity index (χ2n) is 7.00. The molecule has 1 aromatic heterocycles. The SMILES string of the molecule is CCCCCCCCC(C(CCC)c1ccccc1)n1cn[nH]c1=S. The first kappa shape index (κ1) is 19.9. The van der Waals surface area contributed by atoms with Crippen molar-refractivity contribution in [2.75, 3.05) is 0 Å². The van der Waals surface area contributed by atoms with E-state index in [1.54, 1.807) is 0 Å². The van der Waals surface area contributed by atoms with E-state index in [4.69, 9.17) is 12.2 Å². The van der Waals surface area contributed by atoms with Gasteiger partial charge in [0, 0.05) is 12.0 Å². The highest BCUT2D eigenvalue weighted by Crippen LogP contribution is 2.36. The van der Waals surface area contributed by atoms with Crippen LogP contribution in [0, 0.1) is 4.77 Å². The van der Waals surface area contributed by atoms with E-state index < -0.39 is 0 Å². The third kappa shape index (κ3) is 6.10. The van der Waals surface area contributed by atoms with Crippen LogP contribution in [0.2, 0.25) is 0 Å². The molecule has 2 unspecified atom stereocenters. The average Bonchev–Trinajstić information content (AvgIpc) is 3.06. The molecule has 0 radical (unpaired) electrons. The Hall–Kier alpha value is -1.42. The van der Waals surface area contributed by atoms with Crippen LogP contribution in [-0.4, -0.2) is 14.8 Å². The van der Waals surface area contributed by atoms with Gasteiger partial charge in [-0.05, 0) is 30.6 Å². The monoisotopic (exact) mass is 359 g/mol. The summed E-state index contributed by atoms with van der Waals surface area (Å²) in [7, 11) is 0. The van der Waals surface area contributed by atoms with Crippen molar-refractivity contribution < 1.29 is 0 Å². The van der Waals surface area contributed by atoms with Gasteiger partial charge in [0.2, 0.25) is 0 Å². The van der Waals surface area contributed by atoms with E-state index in [2.05, 4.69) is 58.9 Å². The molecule has 0 aliphatic rings. The Morgan fingerprint density at radius 2 is 1.68 bits per heavy atom. The van der Waals surface area contributed by atoms with E-state index in [1.807, 2.05) is 6.33 Å². The number of aromatic nitrogens is 3. The molecule has 0 saturated carbocycles. The number of unbranched alkanes of at least 4 members (excludes halogenated alkanes) is 5. The van der Waals surface area contributed by atoms with Crippen molar-refractivity contribution in [1.29, 1.82) is 0 Å². The summed E-state index contributed by atoms with van der Waals surface area (Å²) >= 11 is 5.50. The summed E-state index contributed by atoms with van der Waals surface area (Å²) in [6, 6.07) is 11.3. The van der Waals surface area contributed by atoms with Crippen LogP contribution in [0.3, 0.4) is 0 Å². The molecular weight excluding hydrogens is 326 g/mol. The molecule has 0 bridgehead atoms. The first-order valence-corrected chi connectivity index (χ1v) is 10.3. The number of rotatable bonds is 12. The third-order valence-electron chi connectivity index (χ3n) is 5.08. The molecule has 2 atom stereocenters. The van der Waals surface area contributed by atoms with Crippen molar-refractivity contribution in [1.82, 2.24) is 14.8 Å². The van der Waals surface area contributed by atoms with E-state index in [-0.39, 0.29) is 0 Å². The lowest BCUT2D eigenvalue weighted by molar-refractivity contribution is 0.349. The predicted octanol–water partition coefficient (Wildman–Crippen LogP) is 6.82. The highest BCUT2D eigenvalue weighted by atomic mass is 32.1. The summed E-state index contributed by atoms with van der Waals surface area (Å²) in [5, 5.41) is 7.12. The molecule has 0 amide bonds. The minimum Gasteiger partial charge on any atom is -0.303 e. The molecule has 0 aliphatic carbocycles. The Morgan fingerprint density at radius 1 is 0.960 bits per heavy atom. The number of nitrogens with one attached hydrogen (secondary N) is 1. The van der Waals surface area contributed by atoms with Gasteiger partial charge >= 0.3 is 0 Å². The Labute approximate surface area is 157 Å². The van der Waals surface area contributed by atoms with E-state index in [0.717, 1.165) is 4.77 Å². The van der Waals surface area contributed by atoms with E-state index >= 15 is 0 Å². The van der Waals surface area contributed by atoms with Crippen molar-refractivity contribution in [3.63, 3.8) is 0 Å². The number of nitrogens with zero attached hydrogens (tertiary/aromatic N) is 2. The first-order valence-electron chi connectivity index (χ1n) is 9.94. The van der Waals surface area contributed by atoms with E-state index in [9.17, 15) is 0 Å². The third-order valence-corrected chi connectivity index (χ3v) is 5.38. The second kappa shape index (κ2) is 11.2. The van der Waals surface area contributed by atoms with Gasteiger partial charge in [-0.1, -0.05) is 89.1 Å². The van der Waals surface area contributed by atoms with Crippen molar-refractivity contribution in [3.05, 3.63) is 47.0 Å². The van der Waals surface area contributed by atoms with Crippen LogP contribution in [0.25, 0.3) is 0 Å². The summed E-state index contributed by atoms with van der Waals surface area (Å²) in [5.74, 6) is 0.492. The molecule has 0 aliphatic heterocycles. The molecule has 0 spiro atoms. The van der Waals surface area contributed by atoms with Crippen LogP contribution in [0.4, 0.5) is 0 Å². The van der Waals surface area contributed by atoms with Crippen molar-refractivity contribution in [2.45, 2.75) is 83.6 Å². The molecular formula is C21H33N3S. The molecule has 2 rings (SSSR count). The molecule has 25 heavy (non-hydrogen) atoms. The summed E-state index contributed by atoms with van der Waals surface area (Å²) in [5.41, 5.74) is 1.42. The topological polar surface area (TPSA) is 33.6 Å². The minimum atomic E-state index is 0.389. The summed E-state index contributed by atoms with van der Waals surface area (Å²) in [6.07, 6.45) is 13.4. The van der Waals surface area contributed by atoms with Gasteiger partial charge < -0.3 is 4.57 Å². The lowest BCUT2D eigenvalue weighted by atomic mass is 9.84. The zero-order chi connectivity index (χ0) is 17.9. The fraction of sp³-hybridized carbons (Fsp3) is 0.619. The zero-order valence-electron chi connectivity index (χ0n) is 15.8. The maximum absolute atomic E-state index is 5.50. The average molecular weight is 360 g/mol. The standard InChI is InChI=1S/C21H33N3S/c1-3-5-6-7-8-12-16-20(24-17-22-23-21(24)25)19(13-4-2)18-14-10-9-11-15-18/h9-11,14-15,17,19-20H,3-8,12-13,16H2,1-2H3,(H,23,25). The Bertz CT molecular complexity index is 632. The molecule has 2 aromatic rings. The Morgan fingerprint density at radius 3 is 2.32 bits per heavy atom. The fourth-order valence-corrected chi connectivity index (χ4v) is 3.99. The van der Waals surface area contributed by atoms with Crippen LogP contribution in [0.1, 0.15) is 89.2 Å². The zero-order valence-corrected chi connectivity index (χ0v) is 16.6. The number of benzene rings is 1. The maximum Gasteiger partial charge on any atom is 0.195 e. The Balaban J connectivity index is 2.12. The Kier molecular flexibility index (Phi) is 8.95. The van der Waals surface area contributed by atoms with Crippen LogP contribution in [-0.2, 0) is 0 Å². The fourth-order valence-electron chi connectivity index (χ4n) is 3.75. The van der Waals surface area contributed by atoms with Crippen LogP contribution in [0.15, 0.2) is 36.7 Å². The molecule has 0 saturated heterocycles. The number of H-pyrrole nitrogens is 1. The number of hydrogen-bond acceptors (Lipinski definition) is 2. The minimum absolute atomic E-state index is 0.389. The van der Waals surface area contributed by atoms with Crippen LogP contribution >= 0.6 is 12.2 Å². The predicted molar refractivity (Wildman–Crippen MR) is 109 cm³/mol. The number of aromatic amines is 1. The van der Waals surface area contributed by atoms with Crippen molar-refractivity contribution in [2.24, 2.45) is 0 Å². The molecule has 0 fully saturated rings. The van der Waals surface area contributed by atoms with E-state index in [1.165, 1.54) is 63.4 Å². The largest absolute Gasteiger partial charge is 0.303 e. The highest BCUT2D eigenvalue weighted by molar-refractivity contribution is 7.71. The van der Waals surface area contributed by atoms with Gasteiger partial charge in [-0.25, -0.2) is 0 Å². The quantitative estimate of drug-likeness (QED) is 0.333. The smallest absolute Gasteiger partial charge is 0.195 e. The molecule has 1 aromatic carbocycles. The summed E-state index contributed by atoms with van der Waals surface area (Å²) in [6.45, 7) is 4.54. The highest BCUT2D eigenvalue weighted by Gasteiger charge is 2.24. The molecule has 1 heterocycles. The maximum atomic E-state index is 5.50. The van der Waals surface area contributed by atoms with Crippen LogP contribution in [0.5, 0.6) is 0 Å². The lowest BCUT2D eigenvalue weighted by Gasteiger charge is -2.28. The first-order chi connectivity index (χ1) is 12.3. The van der Waals surface area contributed by atoms with Gasteiger partial charge in [0.15, 0.2) is 4.77 Å². The molecule has 138 valence electrons. The van der Waals surface area contributed by atoms with Gasteiger partial charge in [0.05, 0.1) is 0 Å². The van der Waals surface area contributed by atoms with Gasteiger partial charge in [-0.3, -0.25) is 5.10 Å². The lowest BCUT2D eigenvalue weighted by Crippen LogP contribution is -2.18. The van der Waals surface area contributed by atoms with Gasteiger partial charge in [0.1, 0.15) is 6.33 Å². The molecule has 1 N–H and O–H groups in total.